The Bertz CT molecular complexity index is 761. The average Bonchev–Trinajstić information content (AvgIpc) is 2.50. The minimum absolute atomic E-state index is 0.306. The Hall–Kier alpha value is -1.37. The Morgan fingerprint density at radius 1 is 1.00 bits per heavy atom. The second kappa shape index (κ2) is 7.47. The molecule has 0 fully saturated rings. The SMILES string of the molecule is Cc1cc(S(=O)(=O)N(CCN(C)C)c2ccccc2)ccc1Br. The van der Waals surface area contributed by atoms with Gasteiger partial charge in [-0.15, -0.1) is 0 Å². The van der Waals surface area contributed by atoms with E-state index < -0.39 is 10.0 Å². The molecule has 0 aromatic heterocycles. The van der Waals surface area contributed by atoms with Crippen molar-refractivity contribution in [1.82, 2.24) is 4.90 Å². The number of nitrogens with zero attached hydrogens (tertiary/aromatic N) is 2. The van der Waals surface area contributed by atoms with Crippen molar-refractivity contribution < 1.29 is 8.42 Å². The van der Waals surface area contributed by atoms with Crippen LogP contribution < -0.4 is 4.31 Å². The molecule has 0 aliphatic heterocycles. The van der Waals surface area contributed by atoms with Gasteiger partial charge in [0, 0.05) is 17.6 Å². The zero-order valence-electron chi connectivity index (χ0n) is 13.5. The number of hydrogen-bond donors (Lipinski definition) is 0. The van der Waals surface area contributed by atoms with E-state index in [-0.39, 0.29) is 0 Å². The predicted molar refractivity (Wildman–Crippen MR) is 98.4 cm³/mol. The molecule has 2 rings (SSSR count). The van der Waals surface area contributed by atoms with Crippen molar-refractivity contribution >= 4 is 31.6 Å². The van der Waals surface area contributed by atoms with Crippen molar-refractivity contribution in [2.45, 2.75) is 11.8 Å². The van der Waals surface area contributed by atoms with E-state index >= 15 is 0 Å². The molecular formula is C17H21BrN2O2S. The summed E-state index contributed by atoms with van der Waals surface area (Å²) in [5.74, 6) is 0. The number of benzene rings is 2. The molecule has 0 spiro atoms. The Morgan fingerprint density at radius 2 is 1.65 bits per heavy atom. The van der Waals surface area contributed by atoms with E-state index in [0.29, 0.717) is 23.7 Å². The topological polar surface area (TPSA) is 40.6 Å². The van der Waals surface area contributed by atoms with Gasteiger partial charge in [0.1, 0.15) is 0 Å². The lowest BCUT2D eigenvalue weighted by molar-refractivity contribution is 0.419. The molecule has 0 N–H and O–H groups in total. The van der Waals surface area contributed by atoms with Crippen molar-refractivity contribution in [3.05, 3.63) is 58.6 Å². The lowest BCUT2D eigenvalue weighted by atomic mass is 10.2. The van der Waals surface area contributed by atoms with E-state index in [1.807, 2.05) is 56.3 Å². The van der Waals surface area contributed by atoms with Crippen LogP contribution in [0, 0.1) is 6.92 Å². The Balaban J connectivity index is 2.45. The molecule has 0 heterocycles. The van der Waals surface area contributed by atoms with Gasteiger partial charge in [-0.2, -0.15) is 0 Å². The maximum Gasteiger partial charge on any atom is 0.264 e. The maximum absolute atomic E-state index is 13.1. The number of para-hydroxylation sites is 1. The monoisotopic (exact) mass is 396 g/mol. The van der Waals surface area contributed by atoms with Crippen LogP contribution in [0.1, 0.15) is 5.56 Å². The molecule has 0 aliphatic carbocycles. The van der Waals surface area contributed by atoms with Gasteiger partial charge in [0.25, 0.3) is 10.0 Å². The van der Waals surface area contributed by atoms with Crippen LogP contribution in [0.3, 0.4) is 0 Å². The Labute approximate surface area is 146 Å². The summed E-state index contributed by atoms with van der Waals surface area (Å²) in [5.41, 5.74) is 1.57. The van der Waals surface area contributed by atoms with Crippen molar-refractivity contribution in [2.75, 3.05) is 31.5 Å². The van der Waals surface area contributed by atoms with E-state index in [2.05, 4.69) is 15.9 Å². The van der Waals surface area contributed by atoms with Gasteiger partial charge in [-0.25, -0.2) is 8.42 Å². The van der Waals surface area contributed by atoms with Crippen LogP contribution in [0.15, 0.2) is 57.9 Å². The molecule has 2 aromatic carbocycles. The molecule has 124 valence electrons. The van der Waals surface area contributed by atoms with Gasteiger partial charge >= 0.3 is 0 Å². The lowest BCUT2D eigenvalue weighted by Gasteiger charge is -2.26. The van der Waals surface area contributed by atoms with Gasteiger partial charge in [0.05, 0.1) is 10.6 Å². The molecule has 4 nitrogen and oxygen atoms in total. The summed E-state index contributed by atoms with van der Waals surface area (Å²) >= 11 is 3.41. The number of likely N-dealkylation sites (N-methyl/N-ethyl adjacent to an activating group) is 1. The van der Waals surface area contributed by atoms with Gasteiger partial charge in [-0.3, -0.25) is 4.31 Å². The van der Waals surface area contributed by atoms with Crippen molar-refractivity contribution in [3.63, 3.8) is 0 Å². The van der Waals surface area contributed by atoms with Crippen LogP contribution in [0.4, 0.5) is 5.69 Å². The molecule has 0 unspecified atom stereocenters. The second-order valence-corrected chi connectivity index (χ2v) is 8.34. The predicted octanol–water partition coefficient (Wildman–Crippen LogP) is 3.51. The molecule has 0 saturated heterocycles. The summed E-state index contributed by atoms with van der Waals surface area (Å²) in [4.78, 5) is 2.28. The van der Waals surface area contributed by atoms with E-state index in [4.69, 9.17) is 0 Å². The summed E-state index contributed by atoms with van der Waals surface area (Å²) in [7, 11) is 0.257. The third kappa shape index (κ3) is 4.34. The zero-order valence-corrected chi connectivity index (χ0v) is 15.9. The molecule has 2 aromatic rings. The van der Waals surface area contributed by atoms with Crippen LogP contribution in [0.2, 0.25) is 0 Å². The van der Waals surface area contributed by atoms with Crippen LogP contribution in [-0.4, -0.2) is 40.5 Å². The molecule has 0 amide bonds. The first-order valence-corrected chi connectivity index (χ1v) is 9.54. The standard InChI is InChI=1S/C17H21BrN2O2S/c1-14-13-16(9-10-17(14)18)23(21,22)20(12-11-19(2)3)15-7-5-4-6-8-15/h4-10,13H,11-12H2,1-3H3. The van der Waals surface area contributed by atoms with E-state index in [0.717, 1.165) is 10.0 Å². The smallest absolute Gasteiger partial charge is 0.264 e. The minimum Gasteiger partial charge on any atom is -0.308 e. The largest absolute Gasteiger partial charge is 0.308 e. The minimum atomic E-state index is -3.60. The molecule has 23 heavy (non-hydrogen) atoms. The number of sulfonamides is 1. The second-order valence-electron chi connectivity index (χ2n) is 5.63. The maximum atomic E-state index is 13.1. The van der Waals surface area contributed by atoms with Gasteiger partial charge in [-0.05, 0) is 56.9 Å². The lowest BCUT2D eigenvalue weighted by Crippen LogP contribution is -2.36. The van der Waals surface area contributed by atoms with E-state index in [9.17, 15) is 8.42 Å². The third-order valence-electron chi connectivity index (χ3n) is 3.51. The van der Waals surface area contributed by atoms with E-state index in [1.54, 1.807) is 18.2 Å². The highest BCUT2D eigenvalue weighted by Gasteiger charge is 2.25. The first-order valence-electron chi connectivity index (χ1n) is 7.31. The average molecular weight is 397 g/mol. The Morgan fingerprint density at radius 3 is 2.22 bits per heavy atom. The molecule has 6 heteroatoms. The number of aryl methyl sites for hydroxylation is 1. The summed E-state index contributed by atoms with van der Waals surface area (Å²) in [5, 5.41) is 0. The number of anilines is 1. The first kappa shape index (κ1) is 18.0. The van der Waals surface area contributed by atoms with Crippen LogP contribution in [0.25, 0.3) is 0 Å². The highest BCUT2D eigenvalue weighted by molar-refractivity contribution is 9.10. The Kier molecular flexibility index (Phi) is 5.84. The number of halogens is 1. The van der Waals surface area contributed by atoms with Gasteiger partial charge in [0.2, 0.25) is 0 Å². The first-order chi connectivity index (χ1) is 10.8. The van der Waals surface area contributed by atoms with E-state index in [1.165, 1.54) is 4.31 Å². The highest BCUT2D eigenvalue weighted by Crippen LogP contribution is 2.26. The van der Waals surface area contributed by atoms with Gasteiger partial charge < -0.3 is 4.90 Å². The fourth-order valence-electron chi connectivity index (χ4n) is 2.18. The molecule has 0 radical (unpaired) electrons. The number of hydrogen-bond acceptors (Lipinski definition) is 3. The van der Waals surface area contributed by atoms with Crippen molar-refractivity contribution in [2.24, 2.45) is 0 Å². The summed E-state index contributed by atoms with van der Waals surface area (Å²) in [6.45, 7) is 2.92. The van der Waals surface area contributed by atoms with Crippen LogP contribution in [0.5, 0.6) is 0 Å². The zero-order chi connectivity index (χ0) is 17.0. The molecule has 0 atom stereocenters. The third-order valence-corrected chi connectivity index (χ3v) is 6.22. The van der Waals surface area contributed by atoms with Gasteiger partial charge in [-0.1, -0.05) is 34.1 Å². The van der Waals surface area contributed by atoms with Crippen molar-refractivity contribution in [1.29, 1.82) is 0 Å². The quantitative estimate of drug-likeness (QED) is 0.749. The fourth-order valence-corrected chi connectivity index (χ4v) is 3.97. The molecule has 0 aliphatic rings. The molecule has 0 saturated carbocycles. The van der Waals surface area contributed by atoms with Crippen molar-refractivity contribution in [3.8, 4) is 0 Å². The van der Waals surface area contributed by atoms with Gasteiger partial charge in [0.15, 0.2) is 0 Å². The molecular weight excluding hydrogens is 376 g/mol. The van der Waals surface area contributed by atoms with Crippen LogP contribution in [-0.2, 0) is 10.0 Å². The number of rotatable bonds is 6. The summed E-state index contributed by atoms with van der Waals surface area (Å²) in [6.07, 6.45) is 0. The fraction of sp³-hybridized carbons (Fsp3) is 0.294. The molecule has 0 bridgehead atoms. The normalized spacial score (nSPS) is 11.7. The highest BCUT2D eigenvalue weighted by atomic mass is 79.9. The summed E-state index contributed by atoms with van der Waals surface area (Å²) in [6, 6.07) is 14.3. The summed E-state index contributed by atoms with van der Waals surface area (Å²) < 4.78 is 28.6. The van der Waals surface area contributed by atoms with Crippen LogP contribution >= 0.6 is 15.9 Å².